The van der Waals surface area contributed by atoms with Gasteiger partial charge in [-0.1, -0.05) is 25.3 Å². The predicted octanol–water partition coefficient (Wildman–Crippen LogP) is 4.45. The van der Waals surface area contributed by atoms with E-state index in [0.717, 1.165) is 32.1 Å². The molecule has 1 saturated heterocycles. The molecular weight excluding hydrogens is 330 g/mol. The van der Waals surface area contributed by atoms with Crippen molar-refractivity contribution in [3.8, 4) is 0 Å². The zero-order chi connectivity index (χ0) is 18.5. The van der Waals surface area contributed by atoms with E-state index in [4.69, 9.17) is 9.31 Å². The lowest BCUT2D eigenvalue weighted by atomic mass is 9.76. The molecule has 2 aliphatic rings. The zero-order valence-corrected chi connectivity index (χ0v) is 15.2. The minimum atomic E-state index is -4.54. The van der Waals surface area contributed by atoms with Crippen LogP contribution in [-0.4, -0.2) is 23.3 Å². The van der Waals surface area contributed by atoms with Gasteiger partial charge in [0.25, 0.3) is 0 Å². The van der Waals surface area contributed by atoms with Crippen LogP contribution in [0, 0.1) is 0 Å². The van der Waals surface area contributed by atoms with Gasteiger partial charge in [0.2, 0.25) is 0 Å². The average molecular weight is 355 g/mol. The van der Waals surface area contributed by atoms with Crippen LogP contribution in [0.25, 0.3) is 0 Å². The molecule has 1 aromatic heterocycles. The molecular formula is C18H25BF3NO2. The number of aromatic nitrogens is 1. The lowest BCUT2D eigenvalue weighted by molar-refractivity contribution is -0.140. The Balaban J connectivity index is 1.97. The third-order valence-corrected chi connectivity index (χ3v) is 5.75. The molecule has 138 valence electrons. The fraction of sp³-hybridized carbons (Fsp3) is 0.722. The molecule has 1 aliphatic heterocycles. The molecule has 2 fully saturated rings. The quantitative estimate of drug-likeness (QED) is 0.735. The summed E-state index contributed by atoms with van der Waals surface area (Å²) < 4.78 is 52.6. The van der Waals surface area contributed by atoms with E-state index in [9.17, 15) is 13.2 Å². The third-order valence-electron chi connectivity index (χ3n) is 5.75. The van der Waals surface area contributed by atoms with E-state index in [2.05, 4.69) is 4.98 Å². The van der Waals surface area contributed by atoms with Gasteiger partial charge >= 0.3 is 13.3 Å². The monoisotopic (exact) mass is 355 g/mol. The van der Waals surface area contributed by atoms with Gasteiger partial charge in [0, 0.05) is 17.1 Å². The molecule has 1 saturated carbocycles. The van der Waals surface area contributed by atoms with Crippen LogP contribution in [0.15, 0.2) is 12.1 Å². The summed E-state index contributed by atoms with van der Waals surface area (Å²) in [6.07, 6.45) is 0.512. The van der Waals surface area contributed by atoms with Crippen molar-refractivity contribution in [2.24, 2.45) is 0 Å². The van der Waals surface area contributed by atoms with Crippen LogP contribution in [0.1, 0.15) is 77.1 Å². The molecule has 1 aliphatic carbocycles. The van der Waals surface area contributed by atoms with E-state index in [1.807, 2.05) is 27.7 Å². The Morgan fingerprint density at radius 2 is 1.56 bits per heavy atom. The van der Waals surface area contributed by atoms with E-state index >= 15 is 0 Å². The van der Waals surface area contributed by atoms with Crippen LogP contribution >= 0.6 is 0 Å². The normalized spacial score (nSPS) is 23.9. The van der Waals surface area contributed by atoms with Crippen molar-refractivity contribution in [3.05, 3.63) is 23.5 Å². The second-order valence-corrected chi connectivity index (χ2v) is 8.09. The molecule has 0 amide bonds. The smallest absolute Gasteiger partial charge is 0.399 e. The van der Waals surface area contributed by atoms with Crippen LogP contribution in [-0.2, 0) is 15.5 Å². The highest BCUT2D eigenvalue weighted by Crippen LogP contribution is 2.38. The van der Waals surface area contributed by atoms with E-state index in [1.165, 1.54) is 6.07 Å². The van der Waals surface area contributed by atoms with Gasteiger partial charge in [-0.15, -0.1) is 0 Å². The Labute approximate surface area is 147 Å². The van der Waals surface area contributed by atoms with Gasteiger partial charge in [-0.05, 0) is 46.6 Å². The number of hydrogen-bond donors (Lipinski definition) is 0. The highest BCUT2D eigenvalue weighted by atomic mass is 19.4. The first kappa shape index (κ1) is 18.7. The van der Waals surface area contributed by atoms with Crippen molar-refractivity contribution in [3.63, 3.8) is 0 Å². The van der Waals surface area contributed by atoms with E-state index in [1.54, 1.807) is 6.07 Å². The summed E-state index contributed by atoms with van der Waals surface area (Å²) in [5, 5.41) is 0. The predicted molar refractivity (Wildman–Crippen MR) is 90.8 cm³/mol. The number of nitrogens with zero attached hydrogens (tertiary/aromatic N) is 1. The first-order chi connectivity index (χ1) is 11.5. The van der Waals surface area contributed by atoms with Gasteiger partial charge in [-0.2, -0.15) is 13.2 Å². The van der Waals surface area contributed by atoms with E-state index in [0.29, 0.717) is 5.69 Å². The molecule has 3 nitrogen and oxygen atoms in total. The van der Waals surface area contributed by atoms with E-state index < -0.39 is 30.2 Å². The summed E-state index contributed by atoms with van der Waals surface area (Å²) in [6.45, 7) is 7.29. The summed E-state index contributed by atoms with van der Waals surface area (Å²) in [7, 11) is -1.06. The van der Waals surface area contributed by atoms with Crippen molar-refractivity contribution in [1.82, 2.24) is 4.98 Å². The van der Waals surface area contributed by atoms with Crippen LogP contribution in [0.3, 0.4) is 0 Å². The maximum absolute atomic E-state index is 13.7. The number of pyridine rings is 1. The second kappa shape index (κ2) is 6.27. The summed E-state index contributed by atoms with van der Waals surface area (Å²) in [6, 6.07) is 3.20. The Morgan fingerprint density at radius 3 is 2.08 bits per heavy atom. The summed E-state index contributed by atoms with van der Waals surface area (Å²) in [5.74, 6) is 0.113. The number of rotatable bonds is 2. The molecule has 2 heterocycles. The fourth-order valence-electron chi connectivity index (χ4n) is 3.50. The highest BCUT2D eigenvalue weighted by Gasteiger charge is 2.54. The van der Waals surface area contributed by atoms with Crippen molar-refractivity contribution < 1.29 is 22.5 Å². The molecule has 0 bridgehead atoms. The van der Waals surface area contributed by atoms with Crippen LogP contribution in [0.5, 0.6) is 0 Å². The Hall–Kier alpha value is -1.08. The van der Waals surface area contributed by atoms with Gasteiger partial charge < -0.3 is 9.31 Å². The third kappa shape index (κ3) is 3.58. The summed E-state index contributed by atoms with van der Waals surface area (Å²) in [4.78, 5) is 4.02. The van der Waals surface area contributed by atoms with Crippen molar-refractivity contribution in [2.75, 3.05) is 0 Å². The number of halogens is 3. The zero-order valence-electron chi connectivity index (χ0n) is 15.2. The number of alkyl halides is 3. The van der Waals surface area contributed by atoms with Gasteiger partial charge in [-0.3, -0.25) is 0 Å². The summed E-state index contributed by atoms with van der Waals surface area (Å²) in [5.41, 5.74) is -1.77. The SMILES string of the molecule is CC1(C)OB(c2ccc(C3CCCCC3)nc2C(F)(F)F)OC1(C)C. The molecule has 7 heteroatoms. The standard InChI is InChI=1S/C18H25BF3NO2/c1-16(2)17(3,4)25-19(24-16)13-10-11-14(12-8-6-5-7-9-12)23-15(13)18(20,21)22/h10-12H,5-9H2,1-4H3. The molecule has 3 rings (SSSR count). The van der Waals surface area contributed by atoms with Crippen LogP contribution in [0.2, 0.25) is 0 Å². The minimum Gasteiger partial charge on any atom is -0.399 e. The molecule has 1 aromatic rings. The first-order valence-corrected chi connectivity index (χ1v) is 8.95. The topological polar surface area (TPSA) is 31.4 Å². The molecule has 0 aromatic carbocycles. The fourth-order valence-corrected chi connectivity index (χ4v) is 3.50. The minimum absolute atomic E-state index is 0.0364. The Bertz CT molecular complexity index is 624. The molecule has 0 spiro atoms. The molecule has 0 unspecified atom stereocenters. The van der Waals surface area contributed by atoms with Crippen molar-refractivity contribution >= 4 is 12.6 Å². The average Bonchev–Trinajstić information content (AvgIpc) is 2.75. The molecule has 0 radical (unpaired) electrons. The van der Waals surface area contributed by atoms with Crippen molar-refractivity contribution in [1.29, 1.82) is 0 Å². The molecule has 25 heavy (non-hydrogen) atoms. The van der Waals surface area contributed by atoms with Gasteiger partial charge in [0.15, 0.2) is 0 Å². The maximum atomic E-state index is 13.7. The number of hydrogen-bond acceptors (Lipinski definition) is 3. The Kier molecular flexibility index (Phi) is 4.69. The highest BCUT2D eigenvalue weighted by molar-refractivity contribution is 6.62. The molecule has 0 atom stereocenters. The van der Waals surface area contributed by atoms with Gasteiger partial charge in [0.1, 0.15) is 5.69 Å². The first-order valence-electron chi connectivity index (χ1n) is 8.95. The van der Waals surface area contributed by atoms with Crippen LogP contribution in [0.4, 0.5) is 13.2 Å². The summed E-state index contributed by atoms with van der Waals surface area (Å²) >= 11 is 0. The maximum Gasteiger partial charge on any atom is 0.497 e. The van der Waals surface area contributed by atoms with E-state index in [-0.39, 0.29) is 11.4 Å². The largest absolute Gasteiger partial charge is 0.497 e. The second-order valence-electron chi connectivity index (χ2n) is 8.09. The molecule has 0 N–H and O–H groups in total. The van der Waals surface area contributed by atoms with Gasteiger partial charge in [-0.25, -0.2) is 4.98 Å². The van der Waals surface area contributed by atoms with Crippen LogP contribution < -0.4 is 5.46 Å². The van der Waals surface area contributed by atoms with Crippen molar-refractivity contribution in [2.45, 2.75) is 83.1 Å². The Morgan fingerprint density at radius 1 is 1.00 bits per heavy atom. The lowest BCUT2D eigenvalue weighted by Crippen LogP contribution is -2.41. The van der Waals surface area contributed by atoms with Gasteiger partial charge in [0.05, 0.1) is 11.2 Å². The lowest BCUT2D eigenvalue weighted by Gasteiger charge is -2.32.